The maximum atomic E-state index is 11.7. The van der Waals surface area contributed by atoms with Gasteiger partial charge in [-0.25, -0.2) is 4.79 Å². The first-order chi connectivity index (χ1) is 9.69. The molecule has 0 aliphatic carbocycles. The fourth-order valence-corrected chi connectivity index (χ4v) is 1.73. The van der Waals surface area contributed by atoms with Gasteiger partial charge in [-0.3, -0.25) is 0 Å². The average Bonchev–Trinajstić information content (AvgIpc) is 2.36. The summed E-state index contributed by atoms with van der Waals surface area (Å²) < 4.78 is 5.06. The van der Waals surface area contributed by atoms with Crippen LogP contribution in [0.5, 0.6) is 0 Å². The van der Waals surface area contributed by atoms with E-state index in [9.17, 15) is 19.8 Å². The summed E-state index contributed by atoms with van der Waals surface area (Å²) in [5.41, 5.74) is 0.0622. The second-order valence-electron chi connectivity index (χ2n) is 5.71. The SMILES string of the molecule is CC(C)(C)OC(=O)N[C@@H](Cc1ccccc1)[C@@H](O)C(=O)[O-]. The van der Waals surface area contributed by atoms with Gasteiger partial charge in [-0.05, 0) is 32.8 Å². The van der Waals surface area contributed by atoms with Crippen molar-refractivity contribution in [3.05, 3.63) is 35.9 Å². The second kappa shape index (κ2) is 7.08. The van der Waals surface area contributed by atoms with Gasteiger partial charge in [0.15, 0.2) is 0 Å². The molecule has 0 aliphatic rings. The normalized spacial score (nSPS) is 14.1. The highest BCUT2D eigenvalue weighted by Gasteiger charge is 2.25. The van der Waals surface area contributed by atoms with Crippen molar-refractivity contribution in [2.45, 2.75) is 44.9 Å². The van der Waals surface area contributed by atoms with E-state index in [1.54, 1.807) is 45.0 Å². The minimum absolute atomic E-state index is 0.148. The molecular weight excluding hydrogens is 274 g/mol. The van der Waals surface area contributed by atoms with E-state index in [1.807, 2.05) is 6.07 Å². The van der Waals surface area contributed by atoms with Crippen LogP contribution in [0.25, 0.3) is 0 Å². The van der Waals surface area contributed by atoms with Gasteiger partial charge in [0.2, 0.25) is 0 Å². The summed E-state index contributed by atoms with van der Waals surface area (Å²) in [6.07, 6.45) is -2.46. The number of aliphatic carboxylic acids is 1. The molecule has 0 saturated heterocycles. The molecule has 0 aromatic heterocycles. The van der Waals surface area contributed by atoms with Crippen LogP contribution in [0, 0.1) is 0 Å². The van der Waals surface area contributed by atoms with Gasteiger partial charge in [-0.2, -0.15) is 0 Å². The Bertz CT molecular complexity index is 481. The molecule has 2 atom stereocenters. The van der Waals surface area contributed by atoms with Crippen LogP contribution in [-0.2, 0) is 16.0 Å². The molecule has 0 bridgehead atoms. The molecule has 116 valence electrons. The standard InChI is InChI=1S/C15H21NO5/c1-15(2,3)21-14(20)16-11(12(17)13(18)19)9-10-7-5-4-6-8-10/h4-8,11-12,17H,9H2,1-3H3,(H,16,20)(H,18,19)/p-1/t11-,12+/m0/s1. The minimum atomic E-state index is -1.82. The Morgan fingerprint density at radius 3 is 2.33 bits per heavy atom. The number of carboxylic acids is 1. The average molecular weight is 294 g/mol. The molecule has 0 spiro atoms. The predicted octanol–water partition coefficient (Wildman–Crippen LogP) is 0.233. The third-order valence-corrected chi connectivity index (χ3v) is 2.62. The van der Waals surface area contributed by atoms with Crippen LogP contribution in [0.2, 0.25) is 0 Å². The molecule has 1 aromatic carbocycles. The summed E-state index contributed by atoms with van der Waals surface area (Å²) in [6, 6.07) is 7.88. The quantitative estimate of drug-likeness (QED) is 0.810. The van der Waals surface area contributed by atoms with Crippen molar-refractivity contribution in [3.63, 3.8) is 0 Å². The summed E-state index contributed by atoms with van der Waals surface area (Å²) in [7, 11) is 0. The van der Waals surface area contributed by atoms with Crippen LogP contribution >= 0.6 is 0 Å². The van der Waals surface area contributed by atoms with Crippen LogP contribution in [0.4, 0.5) is 4.79 Å². The highest BCUT2D eigenvalue weighted by molar-refractivity contribution is 5.73. The van der Waals surface area contributed by atoms with Gasteiger partial charge >= 0.3 is 6.09 Å². The number of amides is 1. The lowest BCUT2D eigenvalue weighted by molar-refractivity contribution is -0.315. The van der Waals surface area contributed by atoms with Gasteiger partial charge in [-0.15, -0.1) is 0 Å². The minimum Gasteiger partial charge on any atom is -0.547 e. The van der Waals surface area contributed by atoms with Crippen LogP contribution in [0.15, 0.2) is 30.3 Å². The number of aliphatic hydroxyl groups excluding tert-OH is 1. The van der Waals surface area contributed by atoms with E-state index in [1.165, 1.54) is 0 Å². The van der Waals surface area contributed by atoms with E-state index >= 15 is 0 Å². The van der Waals surface area contributed by atoms with E-state index in [0.29, 0.717) is 0 Å². The Hall–Kier alpha value is -2.08. The fraction of sp³-hybridized carbons (Fsp3) is 0.467. The van der Waals surface area contributed by atoms with Crippen LogP contribution < -0.4 is 10.4 Å². The zero-order valence-electron chi connectivity index (χ0n) is 12.3. The van der Waals surface area contributed by atoms with Crippen molar-refractivity contribution in [1.29, 1.82) is 0 Å². The molecular formula is C15H20NO5-. The molecule has 0 radical (unpaired) electrons. The number of carbonyl (C=O) groups excluding carboxylic acids is 2. The molecule has 0 fully saturated rings. The van der Waals surface area contributed by atoms with Crippen LogP contribution in [-0.4, -0.2) is 34.9 Å². The highest BCUT2D eigenvalue weighted by Crippen LogP contribution is 2.10. The van der Waals surface area contributed by atoms with E-state index in [4.69, 9.17) is 4.74 Å². The Labute approximate surface area is 123 Å². The molecule has 0 aliphatic heterocycles. The Kier molecular flexibility index (Phi) is 5.72. The number of ether oxygens (including phenoxy) is 1. The molecule has 1 rings (SSSR count). The van der Waals surface area contributed by atoms with Crippen molar-refractivity contribution in [2.24, 2.45) is 0 Å². The van der Waals surface area contributed by atoms with Gasteiger partial charge in [-0.1, -0.05) is 30.3 Å². The van der Waals surface area contributed by atoms with Crippen molar-refractivity contribution < 1.29 is 24.5 Å². The number of nitrogens with one attached hydrogen (secondary N) is 1. The summed E-state index contributed by atoms with van der Waals surface area (Å²) in [6.45, 7) is 5.07. The van der Waals surface area contributed by atoms with Gasteiger partial charge in [0.05, 0.1) is 12.0 Å². The summed E-state index contributed by atoms with van der Waals surface area (Å²) in [5, 5.41) is 22.9. The molecule has 0 saturated carbocycles. The number of carbonyl (C=O) groups is 2. The Balaban J connectivity index is 2.78. The van der Waals surface area contributed by atoms with Crippen molar-refractivity contribution in [1.82, 2.24) is 5.32 Å². The lowest BCUT2D eigenvalue weighted by Crippen LogP contribution is -2.53. The van der Waals surface area contributed by atoms with Crippen molar-refractivity contribution in [2.75, 3.05) is 0 Å². The first-order valence-corrected chi connectivity index (χ1v) is 6.61. The second-order valence-corrected chi connectivity index (χ2v) is 5.71. The van der Waals surface area contributed by atoms with Crippen molar-refractivity contribution >= 4 is 12.1 Å². The number of rotatable bonds is 5. The molecule has 6 heteroatoms. The van der Waals surface area contributed by atoms with E-state index in [0.717, 1.165) is 5.56 Å². The highest BCUT2D eigenvalue weighted by atomic mass is 16.6. The zero-order valence-corrected chi connectivity index (χ0v) is 12.3. The topological polar surface area (TPSA) is 98.7 Å². The maximum Gasteiger partial charge on any atom is 0.407 e. The maximum absolute atomic E-state index is 11.7. The van der Waals surface area contributed by atoms with E-state index in [2.05, 4.69) is 5.32 Å². The number of aliphatic hydroxyl groups is 1. The fourth-order valence-electron chi connectivity index (χ4n) is 1.73. The van der Waals surface area contributed by atoms with E-state index in [-0.39, 0.29) is 6.42 Å². The number of carboxylic acid groups (broad SMARTS) is 1. The van der Waals surface area contributed by atoms with Gasteiger partial charge in [0.1, 0.15) is 11.7 Å². The molecule has 1 aromatic rings. The molecule has 2 N–H and O–H groups in total. The number of alkyl carbamates (subject to hydrolysis) is 1. The molecule has 21 heavy (non-hydrogen) atoms. The Morgan fingerprint density at radius 2 is 1.86 bits per heavy atom. The lowest BCUT2D eigenvalue weighted by atomic mass is 10.0. The smallest absolute Gasteiger partial charge is 0.407 e. The monoisotopic (exact) mass is 294 g/mol. The van der Waals surface area contributed by atoms with Gasteiger partial charge in [0, 0.05) is 0 Å². The molecule has 0 heterocycles. The lowest BCUT2D eigenvalue weighted by Gasteiger charge is -2.27. The van der Waals surface area contributed by atoms with Crippen LogP contribution in [0.3, 0.4) is 0 Å². The molecule has 0 unspecified atom stereocenters. The summed E-state index contributed by atoms with van der Waals surface area (Å²) in [4.78, 5) is 22.6. The number of hydrogen-bond donors (Lipinski definition) is 2. The first-order valence-electron chi connectivity index (χ1n) is 6.61. The first kappa shape index (κ1) is 17.0. The largest absolute Gasteiger partial charge is 0.547 e. The zero-order chi connectivity index (χ0) is 16.0. The van der Waals surface area contributed by atoms with Gasteiger partial charge in [0.25, 0.3) is 0 Å². The summed E-state index contributed by atoms with van der Waals surface area (Å²) >= 11 is 0. The third-order valence-electron chi connectivity index (χ3n) is 2.62. The van der Waals surface area contributed by atoms with Gasteiger partial charge < -0.3 is 25.1 Å². The predicted molar refractivity (Wildman–Crippen MR) is 74.3 cm³/mol. The number of hydrogen-bond acceptors (Lipinski definition) is 5. The third kappa shape index (κ3) is 6.27. The van der Waals surface area contributed by atoms with Crippen molar-refractivity contribution in [3.8, 4) is 0 Å². The van der Waals surface area contributed by atoms with E-state index < -0.39 is 29.8 Å². The summed E-state index contributed by atoms with van der Waals surface area (Å²) in [5.74, 6) is -1.65. The molecule has 6 nitrogen and oxygen atoms in total. The van der Waals surface area contributed by atoms with Crippen LogP contribution in [0.1, 0.15) is 26.3 Å². The molecule has 1 amide bonds. The Morgan fingerprint density at radius 1 is 1.29 bits per heavy atom. The number of benzene rings is 1.